The summed E-state index contributed by atoms with van der Waals surface area (Å²) in [5.74, 6) is 1.12. The van der Waals surface area contributed by atoms with E-state index in [-0.39, 0.29) is 12.0 Å². The van der Waals surface area contributed by atoms with Crippen LogP contribution in [-0.4, -0.2) is 38.2 Å². The summed E-state index contributed by atoms with van der Waals surface area (Å²) in [6, 6.07) is 11.7. The zero-order valence-electron chi connectivity index (χ0n) is 13.7. The molecule has 23 heavy (non-hydrogen) atoms. The zero-order chi connectivity index (χ0) is 15.9. The van der Waals surface area contributed by atoms with Crippen LogP contribution in [0, 0.1) is 5.41 Å². The Kier molecular flexibility index (Phi) is 3.74. The Balaban J connectivity index is 1.57. The Morgan fingerprint density at radius 2 is 2.09 bits per heavy atom. The highest BCUT2D eigenvalue weighted by Crippen LogP contribution is 2.51. The molecule has 2 saturated heterocycles. The van der Waals surface area contributed by atoms with E-state index in [0.29, 0.717) is 12.1 Å². The predicted octanol–water partition coefficient (Wildman–Crippen LogP) is 2.38. The van der Waals surface area contributed by atoms with Gasteiger partial charge in [0.25, 0.3) is 0 Å². The van der Waals surface area contributed by atoms with Gasteiger partial charge in [-0.05, 0) is 31.2 Å². The number of hydrogen-bond donors (Lipinski definition) is 1. The van der Waals surface area contributed by atoms with Crippen molar-refractivity contribution in [2.75, 3.05) is 6.61 Å². The van der Waals surface area contributed by atoms with E-state index >= 15 is 0 Å². The predicted molar refractivity (Wildman–Crippen MR) is 89.8 cm³/mol. The zero-order valence-corrected chi connectivity index (χ0v) is 13.7. The average molecular weight is 311 g/mol. The van der Waals surface area contributed by atoms with Gasteiger partial charge in [-0.25, -0.2) is 4.98 Å². The molecule has 0 spiro atoms. The van der Waals surface area contributed by atoms with Crippen molar-refractivity contribution < 1.29 is 5.11 Å². The van der Waals surface area contributed by atoms with Crippen LogP contribution in [0.2, 0.25) is 0 Å². The average Bonchev–Trinajstić information content (AvgIpc) is 3.24. The molecule has 2 aromatic rings. The third-order valence-corrected chi connectivity index (χ3v) is 5.95. The fraction of sp³-hybridized carbons (Fsp3) is 0.526. The molecule has 0 unspecified atom stereocenters. The molecular weight excluding hydrogens is 286 g/mol. The van der Waals surface area contributed by atoms with Crippen molar-refractivity contribution in [2.45, 2.75) is 44.3 Å². The summed E-state index contributed by atoms with van der Waals surface area (Å²) >= 11 is 0. The van der Waals surface area contributed by atoms with Gasteiger partial charge < -0.3 is 9.67 Å². The molecule has 3 atom stereocenters. The summed E-state index contributed by atoms with van der Waals surface area (Å²) in [5.41, 5.74) is 1.35. The van der Waals surface area contributed by atoms with Crippen molar-refractivity contribution in [3.63, 3.8) is 0 Å². The molecule has 4 rings (SSSR count). The van der Waals surface area contributed by atoms with Gasteiger partial charge in [-0.1, -0.05) is 30.3 Å². The van der Waals surface area contributed by atoms with Gasteiger partial charge in [0.15, 0.2) is 0 Å². The normalized spacial score (nSPS) is 30.2. The van der Waals surface area contributed by atoms with Crippen LogP contribution >= 0.6 is 0 Å². The van der Waals surface area contributed by atoms with Gasteiger partial charge in [-0.15, -0.1) is 0 Å². The minimum absolute atomic E-state index is 0.00936. The van der Waals surface area contributed by atoms with Crippen LogP contribution in [0.3, 0.4) is 0 Å². The molecule has 0 amide bonds. The minimum Gasteiger partial charge on any atom is -0.396 e. The molecule has 2 aliphatic rings. The first-order valence-corrected chi connectivity index (χ1v) is 8.58. The number of aliphatic hydroxyl groups is 1. The van der Waals surface area contributed by atoms with Crippen LogP contribution in [0.25, 0.3) is 0 Å². The molecule has 0 saturated carbocycles. The van der Waals surface area contributed by atoms with Crippen LogP contribution in [0.5, 0.6) is 0 Å². The topological polar surface area (TPSA) is 41.3 Å². The molecule has 1 aromatic heterocycles. The maximum atomic E-state index is 10.3. The number of rotatable bonds is 5. The fourth-order valence-electron chi connectivity index (χ4n) is 4.79. The molecule has 4 heteroatoms. The lowest BCUT2D eigenvalue weighted by molar-refractivity contribution is 0.0742. The maximum absolute atomic E-state index is 10.3. The third-order valence-electron chi connectivity index (χ3n) is 5.95. The Morgan fingerprint density at radius 3 is 2.78 bits per heavy atom. The van der Waals surface area contributed by atoms with Gasteiger partial charge in [0.2, 0.25) is 0 Å². The van der Waals surface area contributed by atoms with Crippen molar-refractivity contribution in [3.05, 3.63) is 54.1 Å². The molecular formula is C19H25N3O. The van der Waals surface area contributed by atoms with Crippen LogP contribution in [-0.2, 0) is 20.0 Å². The highest BCUT2D eigenvalue weighted by Gasteiger charge is 2.55. The summed E-state index contributed by atoms with van der Waals surface area (Å²) in [6.45, 7) is 1.18. The molecule has 1 aromatic carbocycles. The molecule has 2 bridgehead atoms. The first-order valence-electron chi connectivity index (χ1n) is 8.58. The van der Waals surface area contributed by atoms with Crippen molar-refractivity contribution >= 4 is 0 Å². The van der Waals surface area contributed by atoms with E-state index in [2.05, 4.69) is 51.8 Å². The second-order valence-electron chi connectivity index (χ2n) is 7.26. The number of aromatic nitrogens is 2. The van der Waals surface area contributed by atoms with Gasteiger partial charge >= 0.3 is 0 Å². The number of fused-ring (bicyclic) bond motifs is 2. The van der Waals surface area contributed by atoms with Crippen LogP contribution in [0.4, 0.5) is 0 Å². The first-order chi connectivity index (χ1) is 11.2. The summed E-state index contributed by atoms with van der Waals surface area (Å²) in [6.07, 6.45) is 8.41. The number of imidazole rings is 1. The van der Waals surface area contributed by atoms with Crippen LogP contribution in [0.1, 0.15) is 30.7 Å². The second-order valence-corrected chi connectivity index (χ2v) is 7.26. The Hall–Kier alpha value is -1.65. The van der Waals surface area contributed by atoms with Crippen molar-refractivity contribution in [3.8, 4) is 0 Å². The quantitative estimate of drug-likeness (QED) is 0.922. The van der Waals surface area contributed by atoms with E-state index in [1.165, 1.54) is 18.4 Å². The number of nitrogens with zero attached hydrogens (tertiary/aromatic N) is 3. The lowest BCUT2D eigenvalue weighted by Crippen LogP contribution is -2.41. The van der Waals surface area contributed by atoms with Crippen LogP contribution in [0.15, 0.2) is 42.7 Å². The molecule has 2 fully saturated rings. The number of aliphatic hydroxyl groups excluding tert-OH is 1. The second kappa shape index (κ2) is 5.77. The highest BCUT2D eigenvalue weighted by atomic mass is 16.3. The lowest BCUT2D eigenvalue weighted by atomic mass is 9.70. The summed E-state index contributed by atoms with van der Waals surface area (Å²) in [5, 5.41) is 10.3. The Labute approximate surface area is 137 Å². The molecule has 0 radical (unpaired) electrons. The van der Waals surface area contributed by atoms with Gasteiger partial charge in [0.1, 0.15) is 5.82 Å². The van der Waals surface area contributed by atoms with E-state index in [4.69, 9.17) is 0 Å². The smallest absolute Gasteiger partial charge is 0.122 e. The van der Waals surface area contributed by atoms with Gasteiger partial charge in [-0.3, -0.25) is 4.90 Å². The Bertz CT molecular complexity index is 668. The minimum atomic E-state index is 0.00936. The number of aryl methyl sites for hydroxylation is 1. The largest absolute Gasteiger partial charge is 0.396 e. The standard InChI is InChI=1S/C19H25N3O/c1-21-10-9-20-18(21)13-22-16-7-8-17(22)19(12-16,14-23)11-15-5-3-2-4-6-15/h2-6,9-10,16-17,23H,7-8,11-14H2,1H3/t16-,17+,19-/m0/s1. The Morgan fingerprint density at radius 1 is 1.26 bits per heavy atom. The molecule has 0 aliphatic carbocycles. The first kappa shape index (κ1) is 14.9. The van der Waals surface area contributed by atoms with E-state index in [1.54, 1.807) is 0 Å². The summed E-state index contributed by atoms with van der Waals surface area (Å²) < 4.78 is 2.11. The SMILES string of the molecule is Cn1ccnc1CN1[C@H]2CC[C@@H]1[C@@](CO)(Cc1ccccc1)C2. The van der Waals surface area contributed by atoms with E-state index in [9.17, 15) is 5.11 Å². The maximum Gasteiger partial charge on any atom is 0.122 e. The molecule has 4 nitrogen and oxygen atoms in total. The van der Waals surface area contributed by atoms with E-state index in [0.717, 1.165) is 25.2 Å². The molecule has 122 valence electrons. The van der Waals surface area contributed by atoms with Gasteiger partial charge in [0, 0.05) is 36.9 Å². The van der Waals surface area contributed by atoms with E-state index < -0.39 is 0 Å². The monoisotopic (exact) mass is 311 g/mol. The van der Waals surface area contributed by atoms with Crippen molar-refractivity contribution in [2.24, 2.45) is 12.5 Å². The van der Waals surface area contributed by atoms with Crippen molar-refractivity contribution in [1.82, 2.24) is 14.5 Å². The number of hydrogen-bond acceptors (Lipinski definition) is 3. The number of benzene rings is 1. The molecule has 2 aliphatic heterocycles. The third kappa shape index (κ3) is 2.50. The fourth-order valence-corrected chi connectivity index (χ4v) is 4.79. The molecule has 1 N–H and O–H groups in total. The summed E-state index contributed by atoms with van der Waals surface area (Å²) in [4.78, 5) is 7.09. The summed E-state index contributed by atoms with van der Waals surface area (Å²) in [7, 11) is 2.06. The highest BCUT2D eigenvalue weighted by molar-refractivity contribution is 5.20. The van der Waals surface area contributed by atoms with Crippen molar-refractivity contribution in [1.29, 1.82) is 0 Å². The lowest BCUT2D eigenvalue weighted by Gasteiger charge is -2.36. The molecule has 3 heterocycles. The van der Waals surface area contributed by atoms with Gasteiger partial charge in [-0.2, -0.15) is 0 Å². The van der Waals surface area contributed by atoms with Gasteiger partial charge in [0.05, 0.1) is 13.2 Å². The van der Waals surface area contributed by atoms with Crippen LogP contribution < -0.4 is 0 Å². The van der Waals surface area contributed by atoms with E-state index in [1.807, 2.05) is 12.4 Å².